The SMILES string of the molecule is C[C@@H](NC(=O)c1c[nH]cc1-c1ccc(Cl)s1)c1ccc2c(c1)NC(=O)CO2. The first-order valence-electron chi connectivity index (χ1n) is 8.31. The van der Waals surface area contributed by atoms with Crippen LogP contribution in [-0.2, 0) is 4.79 Å². The summed E-state index contributed by atoms with van der Waals surface area (Å²) >= 11 is 7.43. The Morgan fingerprint density at radius 2 is 2.15 bits per heavy atom. The number of halogens is 1. The second-order valence-electron chi connectivity index (χ2n) is 6.17. The fourth-order valence-electron chi connectivity index (χ4n) is 2.94. The lowest BCUT2D eigenvalue weighted by Crippen LogP contribution is -2.28. The van der Waals surface area contributed by atoms with Crippen molar-refractivity contribution >= 4 is 40.4 Å². The van der Waals surface area contributed by atoms with Gasteiger partial charge in [0.2, 0.25) is 0 Å². The number of ether oxygens (including phenoxy) is 1. The van der Waals surface area contributed by atoms with Crippen LogP contribution in [0.25, 0.3) is 10.4 Å². The van der Waals surface area contributed by atoms with Crippen molar-refractivity contribution in [2.45, 2.75) is 13.0 Å². The van der Waals surface area contributed by atoms with Gasteiger partial charge in [0.1, 0.15) is 5.75 Å². The largest absolute Gasteiger partial charge is 0.482 e. The minimum absolute atomic E-state index is 0.0155. The molecule has 8 heteroatoms. The number of hydrogen-bond donors (Lipinski definition) is 3. The van der Waals surface area contributed by atoms with E-state index < -0.39 is 0 Å². The smallest absolute Gasteiger partial charge is 0.262 e. The van der Waals surface area contributed by atoms with Crippen molar-refractivity contribution in [2.75, 3.05) is 11.9 Å². The Morgan fingerprint density at radius 3 is 2.93 bits per heavy atom. The molecule has 0 saturated heterocycles. The van der Waals surface area contributed by atoms with E-state index >= 15 is 0 Å². The average Bonchev–Trinajstić information content (AvgIpc) is 3.29. The maximum atomic E-state index is 12.8. The van der Waals surface area contributed by atoms with Crippen molar-refractivity contribution in [2.24, 2.45) is 0 Å². The van der Waals surface area contributed by atoms with E-state index in [0.717, 1.165) is 16.0 Å². The lowest BCUT2D eigenvalue weighted by Gasteiger charge is -2.21. The van der Waals surface area contributed by atoms with Crippen molar-refractivity contribution in [1.82, 2.24) is 10.3 Å². The van der Waals surface area contributed by atoms with E-state index in [4.69, 9.17) is 16.3 Å². The predicted octanol–water partition coefficient (Wildman–Crippen LogP) is 4.22. The summed E-state index contributed by atoms with van der Waals surface area (Å²) in [5.74, 6) is 0.239. The normalized spacial score (nSPS) is 14.1. The van der Waals surface area contributed by atoms with Gasteiger partial charge < -0.3 is 20.4 Å². The summed E-state index contributed by atoms with van der Waals surface area (Å²) < 4.78 is 6.03. The second kappa shape index (κ2) is 7.09. The highest BCUT2D eigenvalue weighted by atomic mass is 35.5. The molecule has 4 rings (SSSR count). The molecule has 0 aliphatic carbocycles. The minimum atomic E-state index is -0.253. The van der Waals surface area contributed by atoms with Crippen LogP contribution in [0.5, 0.6) is 5.75 Å². The van der Waals surface area contributed by atoms with E-state index in [1.165, 1.54) is 11.3 Å². The molecule has 3 N–H and O–H groups in total. The molecule has 2 amide bonds. The van der Waals surface area contributed by atoms with Crippen molar-refractivity contribution in [3.8, 4) is 16.2 Å². The molecular weight excluding hydrogens is 386 g/mol. The highest BCUT2D eigenvalue weighted by molar-refractivity contribution is 7.19. The van der Waals surface area contributed by atoms with Gasteiger partial charge in [0.15, 0.2) is 6.61 Å². The molecule has 0 saturated carbocycles. The average molecular weight is 402 g/mol. The van der Waals surface area contributed by atoms with Gasteiger partial charge in [-0.3, -0.25) is 9.59 Å². The molecule has 1 atom stereocenters. The Bertz CT molecular complexity index is 1030. The van der Waals surface area contributed by atoms with Gasteiger partial charge >= 0.3 is 0 Å². The third-order valence-electron chi connectivity index (χ3n) is 4.31. The Kier molecular flexibility index (Phi) is 4.63. The fourth-order valence-corrected chi connectivity index (χ4v) is 4.02. The molecule has 1 aliphatic heterocycles. The highest BCUT2D eigenvalue weighted by Gasteiger charge is 2.20. The molecule has 6 nitrogen and oxygen atoms in total. The molecule has 138 valence electrons. The number of amides is 2. The summed E-state index contributed by atoms with van der Waals surface area (Å²) in [4.78, 5) is 28.2. The van der Waals surface area contributed by atoms with Crippen molar-refractivity contribution in [1.29, 1.82) is 0 Å². The van der Waals surface area contributed by atoms with Crippen LogP contribution in [0.15, 0.2) is 42.7 Å². The maximum absolute atomic E-state index is 12.8. The Balaban J connectivity index is 1.53. The third kappa shape index (κ3) is 3.56. The molecule has 1 aliphatic rings. The topological polar surface area (TPSA) is 83.2 Å². The van der Waals surface area contributed by atoms with Crippen LogP contribution < -0.4 is 15.4 Å². The van der Waals surface area contributed by atoms with Crippen molar-refractivity contribution < 1.29 is 14.3 Å². The molecule has 3 heterocycles. The first-order valence-corrected chi connectivity index (χ1v) is 9.50. The van der Waals surface area contributed by atoms with E-state index in [0.29, 0.717) is 21.3 Å². The third-order valence-corrected chi connectivity index (χ3v) is 5.58. The van der Waals surface area contributed by atoms with E-state index in [1.54, 1.807) is 18.5 Å². The van der Waals surface area contributed by atoms with Gasteiger partial charge in [-0.05, 0) is 36.8 Å². The molecule has 0 radical (unpaired) electrons. The van der Waals surface area contributed by atoms with Gasteiger partial charge in [0.05, 0.1) is 21.6 Å². The molecule has 27 heavy (non-hydrogen) atoms. The minimum Gasteiger partial charge on any atom is -0.482 e. The number of carbonyl (C=O) groups excluding carboxylic acids is 2. The van der Waals surface area contributed by atoms with Gasteiger partial charge in [0, 0.05) is 22.8 Å². The van der Waals surface area contributed by atoms with Gasteiger partial charge in [0.25, 0.3) is 11.8 Å². The lowest BCUT2D eigenvalue weighted by atomic mass is 10.1. The number of thiophene rings is 1. The number of H-pyrrole nitrogens is 1. The van der Waals surface area contributed by atoms with Gasteiger partial charge in [-0.15, -0.1) is 11.3 Å². The molecule has 0 unspecified atom stereocenters. The number of benzene rings is 1. The van der Waals surface area contributed by atoms with Gasteiger partial charge in [-0.2, -0.15) is 0 Å². The number of fused-ring (bicyclic) bond motifs is 1. The Labute approximate surface area is 164 Å². The Hall–Kier alpha value is -2.77. The van der Waals surface area contributed by atoms with Crippen LogP contribution in [0.4, 0.5) is 5.69 Å². The van der Waals surface area contributed by atoms with Crippen molar-refractivity contribution in [3.63, 3.8) is 0 Å². The molecular formula is C19H16ClN3O3S. The predicted molar refractivity (Wildman–Crippen MR) is 106 cm³/mol. The fraction of sp³-hybridized carbons (Fsp3) is 0.158. The monoisotopic (exact) mass is 401 g/mol. The molecule has 3 aromatic rings. The van der Waals surface area contributed by atoms with Crippen LogP contribution in [0.3, 0.4) is 0 Å². The second-order valence-corrected chi connectivity index (χ2v) is 7.89. The van der Waals surface area contributed by atoms with Crippen LogP contribution >= 0.6 is 22.9 Å². The maximum Gasteiger partial charge on any atom is 0.262 e. The highest BCUT2D eigenvalue weighted by Crippen LogP contribution is 2.34. The number of rotatable bonds is 4. The summed E-state index contributed by atoms with van der Waals surface area (Å²) in [6.07, 6.45) is 3.46. The van der Waals surface area contributed by atoms with Crippen LogP contribution in [0.1, 0.15) is 28.9 Å². The first-order chi connectivity index (χ1) is 13.0. The number of aromatic nitrogens is 1. The number of anilines is 1. The van der Waals surface area contributed by atoms with Gasteiger partial charge in [-0.25, -0.2) is 0 Å². The van der Waals surface area contributed by atoms with E-state index in [-0.39, 0.29) is 24.5 Å². The summed E-state index contributed by atoms with van der Waals surface area (Å²) in [7, 11) is 0. The number of nitrogens with one attached hydrogen (secondary N) is 3. The lowest BCUT2D eigenvalue weighted by molar-refractivity contribution is -0.118. The summed E-state index contributed by atoms with van der Waals surface area (Å²) in [5, 5.41) is 5.77. The molecule has 0 fully saturated rings. The van der Waals surface area contributed by atoms with E-state index in [9.17, 15) is 9.59 Å². The van der Waals surface area contributed by atoms with Crippen LogP contribution in [-0.4, -0.2) is 23.4 Å². The number of hydrogen-bond acceptors (Lipinski definition) is 4. The van der Waals surface area contributed by atoms with E-state index in [1.807, 2.05) is 31.2 Å². The number of carbonyl (C=O) groups is 2. The standard InChI is InChI=1S/C19H16ClN3O3S/c1-10(11-2-3-15-14(6-11)23-18(24)9-26-15)22-19(25)13-8-21-7-12(13)16-4-5-17(20)27-16/h2-8,10,21H,9H2,1H3,(H,22,25)(H,23,24)/t10-/m1/s1. The molecule has 2 aromatic heterocycles. The zero-order valence-corrected chi connectivity index (χ0v) is 15.9. The molecule has 1 aromatic carbocycles. The summed E-state index contributed by atoms with van der Waals surface area (Å²) in [5.41, 5.74) is 2.84. The number of aromatic amines is 1. The van der Waals surface area contributed by atoms with Gasteiger partial charge in [-0.1, -0.05) is 17.7 Å². The van der Waals surface area contributed by atoms with Crippen molar-refractivity contribution in [3.05, 3.63) is 58.2 Å². The summed E-state index contributed by atoms with van der Waals surface area (Å²) in [6, 6.07) is 8.93. The Morgan fingerprint density at radius 1 is 1.30 bits per heavy atom. The quantitative estimate of drug-likeness (QED) is 0.612. The zero-order chi connectivity index (χ0) is 19.0. The van der Waals surface area contributed by atoms with E-state index in [2.05, 4.69) is 15.6 Å². The molecule has 0 spiro atoms. The zero-order valence-electron chi connectivity index (χ0n) is 14.3. The van der Waals surface area contributed by atoms with Crippen LogP contribution in [0, 0.1) is 0 Å². The van der Waals surface area contributed by atoms with Crippen LogP contribution in [0.2, 0.25) is 4.34 Å². The first kappa shape index (κ1) is 17.6. The molecule has 0 bridgehead atoms. The summed E-state index contributed by atoms with van der Waals surface area (Å²) in [6.45, 7) is 1.90.